The molecule has 0 heterocycles. The van der Waals surface area contributed by atoms with E-state index in [1.807, 2.05) is 0 Å². The Balaban J connectivity index is 2.16. The third-order valence-electron chi connectivity index (χ3n) is 2.33. The fraction of sp³-hybridized carbons (Fsp3) is 0.0769. The Morgan fingerprint density at radius 3 is 2.39 bits per heavy atom. The minimum Gasteiger partial charge on any atom is -0.488 e. The SMILES string of the molecule is Fc1ccc(OCc2c(Cl)cccc2Cl)c(Br)c1. The molecule has 2 aromatic rings. The Hall–Kier alpha value is -0.770. The zero-order valence-corrected chi connectivity index (χ0v) is 12.2. The van der Waals surface area contributed by atoms with Crippen molar-refractivity contribution in [3.8, 4) is 5.75 Å². The molecule has 94 valence electrons. The van der Waals surface area contributed by atoms with Gasteiger partial charge in [-0.2, -0.15) is 0 Å². The number of rotatable bonds is 3. The van der Waals surface area contributed by atoms with E-state index in [1.165, 1.54) is 12.1 Å². The monoisotopic (exact) mass is 348 g/mol. The molecule has 0 aliphatic heterocycles. The summed E-state index contributed by atoms with van der Waals surface area (Å²) in [6.07, 6.45) is 0. The van der Waals surface area contributed by atoms with Crippen molar-refractivity contribution in [3.63, 3.8) is 0 Å². The molecule has 2 aromatic carbocycles. The van der Waals surface area contributed by atoms with Crippen LogP contribution in [-0.4, -0.2) is 0 Å². The Morgan fingerprint density at radius 2 is 1.78 bits per heavy atom. The Kier molecular flexibility index (Phi) is 4.49. The lowest BCUT2D eigenvalue weighted by molar-refractivity contribution is 0.304. The maximum atomic E-state index is 12.9. The Bertz CT molecular complexity index is 555. The molecule has 0 amide bonds. The smallest absolute Gasteiger partial charge is 0.134 e. The Labute approximate surface area is 123 Å². The van der Waals surface area contributed by atoms with Gasteiger partial charge >= 0.3 is 0 Å². The minimum atomic E-state index is -0.329. The number of halogens is 4. The molecule has 0 fully saturated rings. The second-order valence-electron chi connectivity index (χ2n) is 3.56. The summed E-state index contributed by atoms with van der Waals surface area (Å²) >= 11 is 15.3. The van der Waals surface area contributed by atoms with Gasteiger partial charge in [0.15, 0.2) is 0 Å². The zero-order valence-electron chi connectivity index (χ0n) is 9.09. The van der Waals surface area contributed by atoms with E-state index in [0.717, 1.165) is 0 Å². The molecule has 0 bridgehead atoms. The average Bonchev–Trinajstić information content (AvgIpc) is 2.31. The van der Waals surface area contributed by atoms with Crippen molar-refractivity contribution in [2.75, 3.05) is 0 Å². The van der Waals surface area contributed by atoms with Gasteiger partial charge < -0.3 is 4.74 Å². The van der Waals surface area contributed by atoms with E-state index in [9.17, 15) is 4.39 Å². The summed E-state index contributed by atoms with van der Waals surface area (Å²) in [6, 6.07) is 9.46. The molecular weight excluding hydrogens is 342 g/mol. The fourth-order valence-electron chi connectivity index (χ4n) is 1.41. The van der Waals surface area contributed by atoms with Gasteiger partial charge in [-0.15, -0.1) is 0 Å². The molecular formula is C13H8BrCl2FO. The van der Waals surface area contributed by atoms with Gasteiger partial charge in [-0.25, -0.2) is 4.39 Å². The number of benzene rings is 2. The summed E-state index contributed by atoms with van der Waals surface area (Å²) in [5, 5.41) is 1.08. The van der Waals surface area contributed by atoms with Crippen molar-refractivity contribution >= 4 is 39.1 Å². The van der Waals surface area contributed by atoms with Crippen LogP contribution in [0.2, 0.25) is 10.0 Å². The molecule has 5 heteroatoms. The first-order chi connectivity index (χ1) is 8.58. The van der Waals surface area contributed by atoms with Crippen LogP contribution >= 0.6 is 39.1 Å². The van der Waals surface area contributed by atoms with Crippen LogP contribution in [0.4, 0.5) is 4.39 Å². The summed E-state index contributed by atoms with van der Waals surface area (Å²) in [5.41, 5.74) is 0.706. The molecule has 18 heavy (non-hydrogen) atoms. The van der Waals surface area contributed by atoms with Crippen molar-refractivity contribution in [2.45, 2.75) is 6.61 Å². The summed E-state index contributed by atoms with van der Waals surface area (Å²) < 4.78 is 19.0. The normalized spacial score (nSPS) is 10.4. The van der Waals surface area contributed by atoms with Gasteiger partial charge in [0.1, 0.15) is 18.2 Å². The lowest BCUT2D eigenvalue weighted by atomic mass is 10.2. The van der Waals surface area contributed by atoms with Crippen molar-refractivity contribution in [3.05, 3.63) is 62.3 Å². The minimum absolute atomic E-state index is 0.225. The van der Waals surface area contributed by atoms with E-state index in [4.69, 9.17) is 27.9 Å². The molecule has 0 atom stereocenters. The van der Waals surface area contributed by atoms with Gasteiger partial charge in [0.25, 0.3) is 0 Å². The van der Waals surface area contributed by atoms with Gasteiger partial charge in [-0.3, -0.25) is 0 Å². The van der Waals surface area contributed by atoms with Gasteiger partial charge in [0.2, 0.25) is 0 Å². The van der Waals surface area contributed by atoms with E-state index in [1.54, 1.807) is 24.3 Å². The predicted octanol–water partition coefficient (Wildman–Crippen LogP) is 5.47. The summed E-state index contributed by atoms with van der Waals surface area (Å²) in [7, 11) is 0. The van der Waals surface area contributed by atoms with E-state index in [-0.39, 0.29) is 12.4 Å². The van der Waals surface area contributed by atoms with Crippen LogP contribution in [0.3, 0.4) is 0 Å². The first kappa shape index (κ1) is 13.7. The van der Waals surface area contributed by atoms with Crippen molar-refractivity contribution in [1.82, 2.24) is 0 Å². The number of ether oxygens (including phenoxy) is 1. The van der Waals surface area contributed by atoms with E-state index in [2.05, 4.69) is 15.9 Å². The van der Waals surface area contributed by atoms with Crippen LogP contribution in [0, 0.1) is 5.82 Å². The van der Waals surface area contributed by atoms with Gasteiger partial charge in [0.05, 0.1) is 4.47 Å². The highest BCUT2D eigenvalue weighted by molar-refractivity contribution is 9.10. The standard InChI is InChI=1S/C13H8BrCl2FO/c14-10-6-8(17)4-5-13(10)18-7-9-11(15)2-1-3-12(9)16/h1-6H,7H2. The average molecular weight is 350 g/mol. The first-order valence-corrected chi connectivity index (χ1v) is 6.63. The number of hydrogen-bond acceptors (Lipinski definition) is 1. The molecule has 0 saturated carbocycles. The zero-order chi connectivity index (χ0) is 13.1. The molecule has 1 nitrogen and oxygen atoms in total. The molecule has 0 aromatic heterocycles. The molecule has 0 N–H and O–H groups in total. The first-order valence-electron chi connectivity index (χ1n) is 5.08. The lowest BCUT2D eigenvalue weighted by Crippen LogP contribution is -1.98. The molecule has 0 radical (unpaired) electrons. The summed E-state index contributed by atoms with van der Waals surface area (Å²) in [6.45, 7) is 0.225. The van der Waals surface area contributed by atoms with Crippen LogP contribution in [0.5, 0.6) is 5.75 Å². The third kappa shape index (κ3) is 3.16. The largest absolute Gasteiger partial charge is 0.488 e. The number of hydrogen-bond donors (Lipinski definition) is 0. The summed E-state index contributed by atoms with van der Waals surface area (Å²) in [5.74, 6) is 0.206. The fourth-order valence-corrected chi connectivity index (χ4v) is 2.38. The van der Waals surface area contributed by atoms with E-state index < -0.39 is 0 Å². The summed E-state index contributed by atoms with van der Waals surface area (Å²) in [4.78, 5) is 0. The maximum absolute atomic E-state index is 12.9. The van der Waals surface area contributed by atoms with Gasteiger partial charge in [0, 0.05) is 15.6 Å². The lowest BCUT2D eigenvalue weighted by Gasteiger charge is -2.10. The van der Waals surface area contributed by atoms with Crippen LogP contribution in [0.25, 0.3) is 0 Å². The molecule has 0 unspecified atom stereocenters. The van der Waals surface area contributed by atoms with Crippen LogP contribution in [-0.2, 0) is 6.61 Å². The molecule has 0 saturated heterocycles. The molecule has 0 spiro atoms. The quantitative estimate of drug-likeness (QED) is 0.713. The van der Waals surface area contributed by atoms with Crippen LogP contribution in [0.15, 0.2) is 40.9 Å². The topological polar surface area (TPSA) is 9.23 Å². The predicted molar refractivity (Wildman–Crippen MR) is 74.9 cm³/mol. The van der Waals surface area contributed by atoms with Gasteiger partial charge in [-0.05, 0) is 46.3 Å². The molecule has 2 rings (SSSR count). The highest BCUT2D eigenvalue weighted by Gasteiger charge is 2.08. The second-order valence-corrected chi connectivity index (χ2v) is 5.23. The van der Waals surface area contributed by atoms with Crippen molar-refractivity contribution in [1.29, 1.82) is 0 Å². The Morgan fingerprint density at radius 1 is 1.11 bits per heavy atom. The highest BCUT2D eigenvalue weighted by Crippen LogP contribution is 2.29. The van der Waals surface area contributed by atoms with E-state index in [0.29, 0.717) is 25.8 Å². The molecule has 0 aliphatic carbocycles. The highest BCUT2D eigenvalue weighted by atomic mass is 79.9. The maximum Gasteiger partial charge on any atom is 0.134 e. The van der Waals surface area contributed by atoms with Crippen LogP contribution < -0.4 is 4.74 Å². The van der Waals surface area contributed by atoms with Crippen molar-refractivity contribution < 1.29 is 9.13 Å². The van der Waals surface area contributed by atoms with Crippen molar-refractivity contribution in [2.24, 2.45) is 0 Å². The van der Waals surface area contributed by atoms with Gasteiger partial charge in [-0.1, -0.05) is 29.3 Å². The van der Waals surface area contributed by atoms with Crippen LogP contribution in [0.1, 0.15) is 5.56 Å². The molecule has 0 aliphatic rings. The van der Waals surface area contributed by atoms with E-state index >= 15 is 0 Å². The third-order valence-corrected chi connectivity index (χ3v) is 3.66. The second kappa shape index (κ2) is 5.91.